The summed E-state index contributed by atoms with van der Waals surface area (Å²) in [6, 6.07) is 15.4. The Labute approximate surface area is 214 Å². The molecule has 6 heteroatoms. The molecular formula is C30H40N4O2. The van der Waals surface area contributed by atoms with E-state index in [4.69, 9.17) is 4.98 Å². The highest BCUT2D eigenvalue weighted by molar-refractivity contribution is 5.80. The minimum atomic E-state index is -0.289. The molecule has 0 bridgehead atoms. The average Bonchev–Trinajstić information content (AvgIpc) is 2.91. The lowest BCUT2D eigenvalue weighted by Gasteiger charge is -2.36. The lowest BCUT2D eigenvalue weighted by Crippen LogP contribution is -2.44. The maximum absolute atomic E-state index is 14.0. The van der Waals surface area contributed by atoms with Crippen LogP contribution in [0.15, 0.2) is 53.3 Å². The van der Waals surface area contributed by atoms with Crippen molar-refractivity contribution in [2.45, 2.75) is 64.8 Å². The van der Waals surface area contributed by atoms with Gasteiger partial charge in [-0.15, -0.1) is 0 Å². The largest absolute Gasteiger partial charge is 0.331 e. The molecule has 1 unspecified atom stereocenters. The van der Waals surface area contributed by atoms with E-state index >= 15 is 0 Å². The van der Waals surface area contributed by atoms with E-state index < -0.39 is 0 Å². The molecule has 0 N–H and O–H groups in total. The Morgan fingerprint density at radius 1 is 1.00 bits per heavy atom. The molecule has 3 aromatic rings. The highest BCUT2D eigenvalue weighted by Gasteiger charge is 2.33. The normalized spacial score (nSPS) is 15.4. The Bertz CT molecular complexity index is 1230. The van der Waals surface area contributed by atoms with Gasteiger partial charge < -0.3 is 9.80 Å². The highest BCUT2D eigenvalue weighted by atomic mass is 16.2. The van der Waals surface area contributed by atoms with Crippen molar-refractivity contribution in [2.75, 3.05) is 27.2 Å². The molecule has 192 valence electrons. The van der Waals surface area contributed by atoms with E-state index in [1.165, 1.54) is 12.0 Å². The topological polar surface area (TPSA) is 58.4 Å². The summed E-state index contributed by atoms with van der Waals surface area (Å²) in [7, 11) is 4.06. The monoisotopic (exact) mass is 488 g/mol. The zero-order chi connectivity index (χ0) is 25.7. The molecule has 1 aliphatic rings. The van der Waals surface area contributed by atoms with Gasteiger partial charge in [0.05, 0.1) is 22.6 Å². The zero-order valence-electron chi connectivity index (χ0n) is 22.2. The van der Waals surface area contributed by atoms with Gasteiger partial charge in [0.25, 0.3) is 5.56 Å². The second kappa shape index (κ2) is 11.8. The van der Waals surface area contributed by atoms with E-state index in [1.54, 1.807) is 4.57 Å². The van der Waals surface area contributed by atoms with Crippen LogP contribution in [0, 0.1) is 5.92 Å². The van der Waals surface area contributed by atoms with Gasteiger partial charge in [-0.25, -0.2) is 4.98 Å². The Kier molecular flexibility index (Phi) is 8.57. The van der Waals surface area contributed by atoms with Crippen molar-refractivity contribution in [2.24, 2.45) is 5.92 Å². The lowest BCUT2D eigenvalue weighted by atomic mass is 9.87. The number of aromatic nitrogens is 2. The number of para-hydroxylation sites is 1. The Hall–Kier alpha value is -2.99. The van der Waals surface area contributed by atoms with Crippen molar-refractivity contribution in [3.63, 3.8) is 0 Å². The molecule has 0 saturated heterocycles. The number of hydrogen-bond acceptors (Lipinski definition) is 4. The van der Waals surface area contributed by atoms with Crippen LogP contribution in [-0.4, -0.2) is 52.4 Å². The summed E-state index contributed by atoms with van der Waals surface area (Å²) in [5, 5.41) is 0.592. The van der Waals surface area contributed by atoms with Gasteiger partial charge in [0.2, 0.25) is 5.91 Å². The SMILES string of the molecule is CCc1ccc(-n2c(C(CC)N(CCN(C)C)C(=O)C3CCCCC3)nc3ccccc3c2=O)cc1. The number of benzene rings is 2. The van der Waals surface area contributed by atoms with Gasteiger partial charge in [0, 0.05) is 19.0 Å². The molecule has 2 aromatic carbocycles. The van der Waals surface area contributed by atoms with Crippen LogP contribution in [0.3, 0.4) is 0 Å². The van der Waals surface area contributed by atoms with Gasteiger partial charge in [-0.3, -0.25) is 14.2 Å². The number of carbonyl (C=O) groups excluding carboxylic acids is 1. The fourth-order valence-corrected chi connectivity index (χ4v) is 5.36. The minimum absolute atomic E-state index is 0.0550. The van der Waals surface area contributed by atoms with Gasteiger partial charge in [0.15, 0.2) is 0 Å². The molecule has 1 amide bonds. The fourth-order valence-electron chi connectivity index (χ4n) is 5.36. The summed E-state index contributed by atoms with van der Waals surface area (Å²) >= 11 is 0. The van der Waals surface area contributed by atoms with Crippen molar-refractivity contribution in [3.05, 3.63) is 70.3 Å². The van der Waals surface area contributed by atoms with Crippen molar-refractivity contribution in [3.8, 4) is 5.69 Å². The minimum Gasteiger partial charge on any atom is -0.331 e. The third kappa shape index (κ3) is 5.54. The number of nitrogens with zero attached hydrogens (tertiary/aromatic N) is 4. The predicted octanol–water partition coefficient (Wildman–Crippen LogP) is 5.37. The summed E-state index contributed by atoms with van der Waals surface area (Å²) in [6.45, 7) is 5.58. The molecule has 6 nitrogen and oxygen atoms in total. The molecule has 1 heterocycles. The zero-order valence-corrected chi connectivity index (χ0v) is 22.2. The van der Waals surface area contributed by atoms with Crippen LogP contribution in [0.1, 0.15) is 69.8 Å². The number of amides is 1. The first-order valence-corrected chi connectivity index (χ1v) is 13.5. The average molecular weight is 489 g/mol. The third-order valence-electron chi connectivity index (χ3n) is 7.49. The number of rotatable bonds is 9. The van der Waals surface area contributed by atoms with Gasteiger partial charge >= 0.3 is 0 Å². The quantitative estimate of drug-likeness (QED) is 0.406. The Balaban J connectivity index is 1.87. The first kappa shape index (κ1) is 26.1. The van der Waals surface area contributed by atoms with Crippen LogP contribution in [0.5, 0.6) is 0 Å². The number of likely N-dealkylation sites (N-methyl/N-ethyl adjacent to an activating group) is 1. The van der Waals surface area contributed by atoms with Crippen LogP contribution in [-0.2, 0) is 11.2 Å². The van der Waals surface area contributed by atoms with E-state index in [0.717, 1.165) is 44.3 Å². The first-order valence-electron chi connectivity index (χ1n) is 13.5. The maximum Gasteiger partial charge on any atom is 0.266 e. The van der Waals surface area contributed by atoms with Gasteiger partial charge in [0.1, 0.15) is 5.82 Å². The van der Waals surface area contributed by atoms with Crippen molar-refractivity contribution >= 4 is 16.8 Å². The molecule has 36 heavy (non-hydrogen) atoms. The molecule has 0 spiro atoms. The summed E-state index contributed by atoms with van der Waals surface area (Å²) < 4.78 is 1.74. The molecule has 1 aromatic heterocycles. The molecule has 1 fully saturated rings. The van der Waals surface area contributed by atoms with Crippen molar-refractivity contribution in [1.29, 1.82) is 0 Å². The van der Waals surface area contributed by atoms with Crippen LogP contribution in [0.4, 0.5) is 0 Å². The van der Waals surface area contributed by atoms with Gasteiger partial charge in [-0.1, -0.05) is 57.4 Å². The van der Waals surface area contributed by atoms with E-state index in [-0.39, 0.29) is 23.4 Å². The number of carbonyl (C=O) groups is 1. The highest BCUT2D eigenvalue weighted by Crippen LogP contribution is 2.31. The maximum atomic E-state index is 14.0. The van der Waals surface area contributed by atoms with Gasteiger partial charge in [-0.2, -0.15) is 0 Å². The predicted molar refractivity (Wildman–Crippen MR) is 147 cm³/mol. The molecule has 0 radical (unpaired) electrons. The molecule has 1 atom stereocenters. The van der Waals surface area contributed by atoms with Gasteiger partial charge in [-0.05, 0) is 69.6 Å². The summed E-state index contributed by atoms with van der Waals surface area (Å²) in [5.74, 6) is 0.909. The molecule has 1 aliphatic carbocycles. The van der Waals surface area contributed by atoms with Crippen molar-refractivity contribution < 1.29 is 4.79 Å². The summed E-state index contributed by atoms with van der Waals surface area (Å²) in [4.78, 5) is 37.0. The smallest absolute Gasteiger partial charge is 0.266 e. The van der Waals surface area contributed by atoms with Crippen LogP contribution in [0.2, 0.25) is 0 Å². The van der Waals surface area contributed by atoms with E-state index in [2.05, 4.69) is 30.9 Å². The fraction of sp³-hybridized carbons (Fsp3) is 0.500. The Morgan fingerprint density at radius 3 is 2.33 bits per heavy atom. The van der Waals surface area contributed by atoms with Crippen LogP contribution >= 0.6 is 0 Å². The summed E-state index contributed by atoms with van der Waals surface area (Å²) in [5.41, 5.74) is 2.60. The standard InChI is InChI=1S/C30H40N4O2/c1-5-22-16-18-24(19-17-22)34-28(31-26-15-11-10-14-25(26)30(34)36)27(6-2)33(21-20-32(3)4)29(35)23-12-8-7-9-13-23/h10-11,14-19,23,27H,5-9,12-13,20-21H2,1-4H3. The van der Waals surface area contributed by atoms with Crippen LogP contribution < -0.4 is 5.56 Å². The lowest BCUT2D eigenvalue weighted by molar-refractivity contribution is -0.139. The third-order valence-corrected chi connectivity index (χ3v) is 7.49. The van der Waals surface area contributed by atoms with E-state index in [0.29, 0.717) is 29.7 Å². The first-order chi connectivity index (χ1) is 17.4. The molecule has 4 rings (SSSR count). The van der Waals surface area contributed by atoms with Crippen LogP contribution in [0.25, 0.3) is 16.6 Å². The summed E-state index contributed by atoms with van der Waals surface area (Å²) in [6.07, 6.45) is 6.94. The van der Waals surface area contributed by atoms with E-state index in [1.807, 2.05) is 55.4 Å². The molecular weight excluding hydrogens is 448 g/mol. The second-order valence-corrected chi connectivity index (χ2v) is 10.2. The molecule has 0 aliphatic heterocycles. The van der Waals surface area contributed by atoms with E-state index in [9.17, 15) is 9.59 Å². The van der Waals surface area contributed by atoms with Crippen molar-refractivity contribution in [1.82, 2.24) is 19.4 Å². The Morgan fingerprint density at radius 2 is 1.69 bits per heavy atom. The number of aryl methyl sites for hydroxylation is 1. The molecule has 1 saturated carbocycles. The number of hydrogen-bond donors (Lipinski definition) is 0. The second-order valence-electron chi connectivity index (χ2n) is 10.2. The number of fused-ring (bicyclic) bond motifs is 1.